The Balaban J connectivity index is 1.77. The van der Waals surface area contributed by atoms with Crippen LogP contribution >= 0.6 is 11.8 Å². The molecule has 0 saturated carbocycles. The maximum atomic E-state index is 14.0. The van der Waals surface area contributed by atoms with Crippen molar-refractivity contribution in [2.75, 3.05) is 37.3 Å². The predicted molar refractivity (Wildman–Crippen MR) is 107 cm³/mol. The van der Waals surface area contributed by atoms with Crippen molar-refractivity contribution in [2.45, 2.75) is 31.7 Å². The number of carbonyl (C=O) groups excluding carboxylic acids is 1. The largest absolute Gasteiger partial charge is 0.366 e. The molecule has 1 aromatic carbocycles. The number of halogens is 1. The zero-order chi connectivity index (χ0) is 19.6. The molecule has 1 saturated heterocycles. The minimum atomic E-state index is -0.226. The molecule has 0 unspecified atom stereocenters. The first-order valence-corrected chi connectivity index (χ1v) is 10.4. The number of piperazine rings is 1. The van der Waals surface area contributed by atoms with E-state index < -0.39 is 0 Å². The van der Waals surface area contributed by atoms with Crippen LogP contribution in [-0.4, -0.2) is 53.2 Å². The van der Waals surface area contributed by atoms with Gasteiger partial charge in [0, 0.05) is 32.1 Å². The summed E-state index contributed by atoms with van der Waals surface area (Å²) in [7, 11) is 0. The van der Waals surface area contributed by atoms with Crippen LogP contribution in [-0.2, 0) is 0 Å². The van der Waals surface area contributed by atoms with E-state index >= 15 is 0 Å². The van der Waals surface area contributed by atoms with Gasteiger partial charge in [-0.2, -0.15) is 0 Å². The fraction of sp³-hybridized carbons (Fsp3) is 0.450. The van der Waals surface area contributed by atoms with Crippen LogP contribution in [0.2, 0.25) is 0 Å². The first-order valence-electron chi connectivity index (χ1n) is 9.13. The monoisotopic (exact) mass is 388 g/mol. The van der Waals surface area contributed by atoms with Crippen LogP contribution < -0.4 is 4.90 Å². The molecule has 2 heterocycles. The molecule has 2 aromatic rings. The lowest BCUT2D eigenvalue weighted by molar-refractivity contribution is 0.0740. The number of aryl methyl sites for hydroxylation is 1. The fourth-order valence-corrected chi connectivity index (χ4v) is 3.86. The van der Waals surface area contributed by atoms with E-state index in [2.05, 4.69) is 9.97 Å². The molecular formula is C20H25FN4OS. The van der Waals surface area contributed by atoms with Crippen molar-refractivity contribution >= 4 is 23.4 Å². The van der Waals surface area contributed by atoms with Gasteiger partial charge in [0.15, 0.2) is 0 Å². The van der Waals surface area contributed by atoms with E-state index in [0.717, 1.165) is 16.5 Å². The van der Waals surface area contributed by atoms with Gasteiger partial charge < -0.3 is 9.80 Å². The van der Waals surface area contributed by atoms with Crippen molar-refractivity contribution in [1.29, 1.82) is 0 Å². The number of nitrogens with zero attached hydrogens (tertiary/aromatic N) is 4. The average Bonchev–Trinajstić information content (AvgIpc) is 2.67. The summed E-state index contributed by atoms with van der Waals surface area (Å²) in [6, 6.07) is 6.76. The third-order valence-electron chi connectivity index (χ3n) is 4.76. The van der Waals surface area contributed by atoms with Gasteiger partial charge in [0.2, 0.25) is 0 Å². The van der Waals surface area contributed by atoms with Gasteiger partial charge in [-0.05, 0) is 25.3 Å². The van der Waals surface area contributed by atoms with E-state index in [1.165, 1.54) is 17.8 Å². The molecule has 7 heteroatoms. The third kappa shape index (κ3) is 4.08. The van der Waals surface area contributed by atoms with Gasteiger partial charge in [-0.15, -0.1) is 11.8 Å². The highest BCUT2D eigenvalue weighted by atomic mass is 32.2. The molecule has 0 aliphatic carbocycles. The SMILES string of the molecule is CSc1nc(C(C)C)nc(C)c1C(=O)N1CCN(c2ccccc2F)CC1. The van der Waals surface area contributed by atoms with Crippen LogP contribution in [0.5, 0.6) is 0 Å². The number of aromatic nitrogens is 2. The first kappa shape index (κ1) is 19.6. The standard InChI is InChI=1S/C20H25FN4OS/c1-13(2)18-22-14(3)17(19(23-18)27-4)20(26)25-11-9-24(10-12-25)16-8-6-5-7-15(16)21/h5-8,13H,9-12H2,1-4H3. The van der Waals surface area contributed by atoms with Crippen molar-refractivity contribution in [2.24, 2.45) is 0 Å². The molecular weight excluding hydrogens is 363 g/mol. The lowest BCUT2D eigenvalue weighted by Crippen LogP contribution is -2.49. The van der Waals surface area contributed by atoms with Gasteiger partial charge >= 0.3 is 0 Å². The van der Waals surface area contributed by atoms with Gasteiger partial charge in [0.1, 0.15) is 16.7 Å². The molecule has 0 atom stereocenters. The van der Waals surface area contributed by atoms with Crippen LogP contribution in [0.15, 0.2) is 29.3 Å². The van der Waals surface area contributed by atoms with Gasteiger partial charge in [-0.25, -0.2) is 14.4 Å². The Morgan fingerprint density at radius 1 is 1.15 bits per heavy atom. The summed E-state index contributed by atoms with van der Waals surface area (Å²) in [5, 5.41) is 0.729. The first-order chi connectivity index (χ1) is 12.9. The van der Waals surface area contributed by atoms with Crippen LogP contribution in [0.4, 0.5) is 10.1 Å². The number of rotatable bonds is 4. The topological polar surface area (TPSA) is 49.3 Å². The second kappa shape index (κ2) is 8.25. The van der Waals surface area contributed by atoms with Crippen molar-refractivity contribution in [1.82, 2.24) is 14.9 Å². The van der Waals surface area contributed by atoms with Crippen LogP contribution in [0, 0.1) is 12.7 Å². The molecule has 27 heavy (non-hydrogen) atoms. The van der Waals surface area contributed by atoms with E-state index in [1.807, 2.05) is 42.9 Å². The Hall–Kier alpha value is -2.15. The second-order valence-electron chi connectivity index (χ2n) is 6.94. The average molecular weight is 389 g/mol. The molecule has 0 N–H and O–H groups in total. The van der Waals surface area contributed by atoms with Gasteiger partial charge in [0.05, 0.1) is 16.9 Å². The number of hydrogen-bond donors (Lipinski definition) is 0. The maximum Gasteiger partial charge on any atom is 0.258 e. The molecule has 1 aromatic heterocycles. The maximum absolute atomic E-state index is 14.0. The fourth-order valence-electron chi connectivity index (χ4n) is 3.24. The summed E-state index contributed by atoms with van der Waals surface area (Å²) in [6.45, 7) is 8.26. The molecule has 3 rings (SSSR count). The number of anilines is 1. The predicted octanol–water partition coefficient (Wildman–Crippen LogP) is 3.73. The molecule has 0 radical (unpaired) electrons. The Kier molecular flexibility index (Phi) is 5.99. The summed E-state index contributed by atoms with van der Waals surface area (Å²) in [5.74, 6) is 0.705. The second-order valence-corrected chi connectivity index (χ2v) is 7.73. The minimum Gasteiger partial charge on any atom is -0.366 e. The Labute approximate surface area is 164 Å². The number of para-hydroxylation sites is 1. The number of hydrogen-bond acceptors (Lipinski definition) is 5. The quantitative estimate of drug-likeness (QED) is 0.590. The minimum absolute atomic E-state index is 0.0414. The summed E-state index contributed by atoms with van der Waals surface area (Å²) in [5.41, 5.74) is 1.90. The van der Waals surface area contributed by atoms with E-state index in [-0.39, 0.29) is 17.6 Å². The highest BCUT2D eigenvalue weighted by Gasteiger charge is 2.27. The molecule has 0 spiro atoms. The van der Waals surface area contributed by atoms with Crippen LogP contribution in [0.3, 0.4) is 0 Å². The molecule has 1 fully saturated rings. The summed E-state index contributed by atoms with van der Waals surface area (Å²) in [6.07, 6.45) is 1.93. The van der Waals surface area contributed by atoms with Crippen molar-refractivity contribution in [3.63, 3.8) is 0 Å². The zero-order valence-corrected chi connectivity index (χ0v) is 17.0. The van der Waals surface area contributed by atoms with E-state index in [1.54, 1.807) is 12.1 Å². The number of carbonyl (C=O) groups is 1. The third-order valence-corrected chi connectivity index (χ3v) is 5.44. The lowest BCUT2D eigenvalue weighted by Gasteiger charge is -2.36. The van der Waals surface area contributed by atoms with Gasteiger partial charge in [0.25, 0.3) is 5.91 Å². The summed E-state index contributed by atoms with van der Waals surface area (Å²) < 4.78 is 14.0. The summed E-state index contributed by atoms with van der Waals surface area (Å²) in [4.78, 5) is 26.1. The Morgan fingerprint density at radius 3 is 2.41 bits per heavy atom. The Morgan fingerprint density at radius 2 is 1.81 bits per heavy atom. The van der Waals surface area contributed by atoms with Crippen molar-refractivity contribution in [3.8, 4) is 0 Å². The zero-order valence-electron chi connectivity index (χ0n) is 16.2. The Bertz CT molecular complexity index is 835. The number of thioether (sulfide) groups is 1. The van der Waals surface area contributed by atoms with Gasteiger partial charge in [-0.1, -0.05) is 26.0 Å². The summed E-state index contributed by atoms with van der Waals surface area (Å²) >= 11 is 1.47. The molecule has 0 bridgehead atoms. The number of amides is 1. The molecule has 1 aliphatic rings. The van der Waals surface area contributed by atoms with Crippen LogP contribution in [0.25, 0.3) is 0 Å². The van der Waals surface area contributed by atoms with Gasteiger partial charge in [-0.3, -0.25) is 4.79 Å². The highest BCUT2D eigenvalue weighted by molar-refractivity contribution is 7.98. The lowest BCUT2D eigenvalue weighted by atomic mass is 10.1. The highest BCUT2D eigenvalue weighted by Crippen LogP contribution is 2.26. The normalized spacial score (nSPS) is 14.7. The molecule has 144 valence electrons. The van der Waals surface area contributed by atoms with E-state index in [4.69, 9.17) is 0 Å². The van der Waals surface area contributed by atoms with Crippen LogP contribution in [0.1, 0.15) is 41.6 Å². The molecule has 1 amide bonds. The molecule has 5 nitrogen and oxygen atoms in total. The van der Waals surface area contributed by atoms with E-state index in [0.29, 0.717) is 37.4 Å². The van der Waals surface area contributed by atoms with Crippen molar-refractivity contribution in [3.05, 3.63) is 47.2 Å². The number of benzene rings is 1. The van der Waals surface area contributed by atoms with E-state index in [9.17, 15) is 9.18 Å². The smallest absolute Gasteiger partial charge is 0.258 e. The molecule has 1 aliphatic heterocycles. The van der Waals surface area contributed by atoms with Crippen molar-refractivity contribution < 1.29 is 9.18 Å².